The van der Waals surface area contributed by atoms with E-state index < -0.39 is 0 Å². The van der Waals surface area contributed by atoms with Gasteiger partial charge in [0.2, 0.25) is 0 Å². The molecule has 0 aromatic carbocycles. The standard InChI is InChI=1S/C13H14N2/c1-8-3-10-6-13-11(4-9(2)15-13)5-12(10)7-14-8/h3-4,7,15H,5-6H2,1-2H3. The number of pyridine rings is 1. The number of fused-ring (bicyclic) bond motifs is 2. The zero-order valence-electron chi connectivity index (χ0n) is 9.09. The van der Waals surface area contributed by atoms with Crippen LogP contribution in [-0.2, 0) is 12.8 Å². The van der Waals surface area contributed by atoms with Gasteiger partial charge in [0.25, 0.3) is 0 Å². The minimum absolute atomic E-state index is 1.03. The Kier molecular flexibility index (Phi) is 1.72. The molecule has 1 aliphatic carbocycles. The third kappa shape index (κ3) is 1.37. The summed E-state index contributed by atoms with van der Waals surface area (Å²) in [4.78, 5) is 7.80. The Labute approximate surface area is 89.4 Å². The second-order valence-corrected chi connectivity index (χ2v) is 4.40. The van der Waals surface area contributed by atoms with Crippen molar-refractivity contribution in [3.8, 4) is 0 Å². The van der Waals surface area contributed by atoms with Crippen molar-refractivity contribution >= 4 is 0 Å². The zero-order chi connectivity index (χ0) is 10.4. The summed E-state index contributed by atoms with van der Waals surface area (Å²) in [6.45, 7) is 4.17. The van der Waals surface area contributed by atoms with Crippen LogP contribution in [0.25, 0.3) is 0 Å². The fourth-order valence-corrected chi connectivity index (χ4v) is 2.38. The molecule has 0 atom stereocenters. The van der Waals surface area contributed by atoms with Crippen molar-refractivity contribution in [3.63, 3.8) is 0 Å². The first-order valence-corrected chi connectivity index (χ1v) is 5.34. The Balaban J connectivity index is 2.10. The molecule has 1 N–H and O–H groups in total. The van der Waals surface area contributed by atoms with Gasteiger partial charge in [0, 0.05) is 36.1 Å². The third-order valence-electron chi connectivity index (χ3n) is 3.09. The highest BCUT2D eigenvalue weighted by Gasteiger charge is 2.17. The van der Waals surface area contributed by atoms with Crippen LogP contribution in [0.5, 0.6) is 0 Å². The molecule has 2 aromatic rings. The van der Waals surface area contributed by atoms with Gasteiger partial charge in [-0.05, 0) is 42.7 Å². The quantitative estimate of drug-likeness (QED) is 0.590. The Bertz CT molecular complexity index is 523. The lowest BCUT2D eigenvalue weighted by Crippen LogP contribution is -2.07. The molecule has 3 rings (SSSR count). The maximum Gasteiger partial charge on any atom is 0.0375 e. The van der Waals surface area contributed by atoms with Crippen LogP contribution in [0.1, 0.15) is 33.8 Å². The second kappa shape index (κ2) is 2.96. The minimum atomic E-state index is 1.03. The Morgan fingerprint density at radius 3 is 2.80 bits per heavy atom. The van der Waals surface area contributed by atoms with Gasteiger partial charge >= 0.3 is 0 Å². The van der Waals surface area contributed by atoms with Crippen molar-refractivity contribution in [3.05, 3.63) is 52.1 Å². The SMILES string of the molecule is Cc1cc2c(cn1)Cc1cc(C)[nH]c1C2. The van der Waals surface area contributed by atoms with Gasteiger partial charge in [-0.25, -0.2) is 0 Å². The normalized spacial score (nSPS) is 13.5. The second-order valence-electron chi connectivity index (χ2n) is 4.40. The summed E-state index contributed by atoms with van der Waals surface area (Å²) >= 11 is 0. The topological polar surface area (TPSA) is 28.7 Å². The highest BCUT2D eigenvalue weighted by molar-refractivity contribution is 5.43. The zero-order valence-corrected chi connectivity index (χ0v) is 9.09. The highest BCUT2D eigenvalue weighted by Crippen LogP contribution is 2.26. The monoisotopic (exact) mass is 198 g/mol. The third-order valence-corrected chi connectivity index (χ3v) is 3.09. The lowest BCUT2D eigenvalue weighted by atomic mass is 9.91. The van der Waals surface area contributed by atoms with Crippen molar-refractivity contribution in [2.75, 3.05) is 0 Å². The minimum Gasteiger partial charge on any atom is -0.362 e. The van der Waals surface area contributed by atoms with E-state index in [0.717, 1.165) is 18.5 Å². The van der Waals surface area contributed by atoms with Gasteiger partial charge in [-0.1, -0.05) is 0 Å². The van der Waals surface area contributed by atoms with Crippen LogP contribution < -0.4 is 0 Å². The predicted octanol–water partition coefficient (Wildman–Crippen LogP) is 2.52. The van der Waals surface area contributed by atoms with Crippen LogP contribution >= 0.6 is 0 Å². The van der Waals surface area contributed by atoms with E-state index in [1.807, 2.05) is 6.20 Å². The van der Waals surface area contributed by atoms with Gasteiger partial charge in [0.05, 0.1) is 0 Å². The van der Waals surface area contributed by atoms with Gasteiger partial charge in [0.15, 0.2) is 0 Å². The van der Waals surface area contributed by atoms with E-state index in [9.17, 15) is 0 Å². The van der Waals surface area contributed by atoms with E-state index in [1.165, 1.54) is 28.1 Å². The maximum absolute atomic E-state index is 4.36. The maximum atomic E-state index is 4.36. The molecular formula is C13H14N2. The molecule has 0 amide bonds. The van der Waals surface area contributed by atoms with Crippen molar-refractivity contribution in [2.45, 2.75) is 26.7 Å². The number of nitrogens with zero attached hydrogens (tertiary/aromatic N) is 1. The van der Waals surface area contributed by atoms with E-state index in [-0.39, 0.29) is 0 Å². The van der Waals surface area contributed by atoms with Crippen LogP contribution in [0.15, 0.2) is 18.3 Å². The first-order chi connectivity index (χ1) is 7.22. The average Bonchev–Trinajstić information content (AvgIpc) is 2.53. The molecule has 0 unspecified atom stereocenters. The van der Waals surface area contributed by atoms with Crippen LogP contribution in [0.3, 0.4) is 0 Å². The average molecular weight is 198 g/mol. The van der Waals surface area contributed by atoms with Crippen molar-refractivity contribution in [1.29, 1.82) is 0 Å². The van der Waals surface area contributed by atoms with Gasteiger partial charge in [-0.3, -0.25) is 4.98 Å². The summed E-state index contributed by atoms with van der Waals surface area (Å²) in [7, 11) is 0. The number of aromatic nitrogens is 2. The largest absolute Gasteiger partial charge is 0.362 e. The van der Waals surface area contributed by atoms with Crippen LogP contribution in [-0.4, -0.2) is 9.97 Å². The summed E-state index contributed by atoms with van der Waals surface area (Å²) in [5, 5.41) is 0. The summed E-state index contributed by atoms with van der Waals surface area (Å²) in [5.41, 5.74) is 8.00. The molecule has 0 saturated heterocycles. The van der Waals surface area contributed by atoms with E-state index in [4.69, 9.17) is 0 Å². The first-order valence-electron chi connectivity index (χ1n) is 5.34. The molecule has 0 aliphatic heterocycles. The van der Waals surface area contributed by atoms with E-state index >= 15 is 0 Å². The summed E-state index contributed by atoms with van der Waals surface area (Å²) in [6.07, 6.45) is 4.08. The van der Waals surface area contributed by atoms with Crippen molar-refractivity contribution < 1.29 is 0 Å². The molecule has 0 spiro atoms. The molecule has 2 heteroatoms. The molecular weight excluding hydrogens is 184 g/mol. The fraction of sp³-hybridized carbons (Fsp3) is 0.308. The van der Waals surface area contributed by atoms with E-state index in [1.54, 1.807) is 0 Å². The molecule has 2 aromatic heterocycles. The van der Waals surface area contributed by atoms with Gasteiger partial charge in [0.1, 0.15) is 0 Å². The number of nitrogens with one attached hydrogen (secondary N) is 1. The number of hydrogen-bond donors (Lipinski definition) is 1. The number of aromatic amines is 1. The number of hydrogen-bond acceptors (Lipinski definition) is 1. The predicted molar refractivity (Wildman–Crippen MR) is 60.1 cm³/mol. The lowest BCUT2D eigenvalue weighted by Gasteiger charge is -2.16. The fourth-order valence-electron chi connectivity index (χ4n) is 2.38. The van der Waals surface area contributed by atoms with Gasteiger partial charge in [-0.2, -0.15) is 0 Å². The van der Waals surface area contributed by atoms with Crippen molar-refractivity contribution in [2.24, 2.45) is 0 Å². The summed E-state index contributed by atoms with van der Waals surface area (Å²) in [6, 6.07) is 4.45. The van der Waals surface area contributed by atoms with Crippen molar-refractivity contribution in [1.82, 2.24) is 9.97 Å². The van der Waals surface area contributed by atoms with Crippen LogP contribution in [0, 0.1) is 13.8 Å². The van der Waals surface area contributed by atoms with E-state index in [0.29, 0.717) is 0 Å². The molecule has 0 fully saturated rings. The molecule has 1 aliphatic rings. The van der Waals surface area contributed by atoms with E-state index in [2.05, 4.69) is 35.9 Å². The lowest BCUT2D eigenvalue weighted by molar-refractivity contribution is 0.945. The first kappa shape index (κ1) is 8.72. The molecule has 76 valence electrons. The van der Waals surface area contributed by atoms with Crippen LogP contribution in [0.2, 0.25) is 0 Å². The summed E-state index contributed by atoms with van der Waals surface area (Å²) in [5.74, 6) is 0. The van der Waals surface area contributed by atoms with Gasteiger partial charge < -0.3 is 4.98 Å². The Morgan fingerprint density at radius 2 is 1.93 bits per heavy atom. The summed E-state index contributed by atoms with van der Waals surface area (Å²) < 4.78 is 0. The van der Waals surface area contributed by atoms with Crippen LogP contribution in [0.4, 0.5) is 0 Å². The number of aryl methyl sites for hydroxylation is 2. The Hall–Kier alpha value is -1.57. The van der Waals surface area contributed by atoms with Gasteiger partial charge in [-0.15, -0.1) is 0 Å². The molecule has 0 radical (unpaired) electrons. The molecule has 0 bridgehead atoms. The molecule has 2 nitrogen and oxygen atoms in total. The Morgan fingerprint density at radius 1 is 1.07 bits per heavy atom. The molecule has 2 heterocycles. The number of H-pyrrole nitrogens is 1. The molecule has 0 saturated carbocycles. The molecule has 15 heavy (non-hydrogen) atoms. The smallest absolute Gasteiger partial charge is 0.0375 e. The number of rotatable bonds is 0. The highest BCUT2D eigenvalue weighted by atomic mass is 14.7.